The van der Waals surface area contributed by atoms with Crippen LogP contribution in [0.25, 0.3) is 10.9 Å². The first kappa shape index (κ1) is 22.4. The molecule has 1 unspecified atom stereocenters. The van der Waals surface area contributed by atoms with Crippen molar-refractivity contribution in [3.8, 4) is 5.75 Å². The standard InChI is InChI=1S/C23H22ClNO6/c1-5-23(22(28)29,31-14(3)26)20-13(2)25(19-11-10-17(30-4)12-18(19)20)21(27)15-6-8-16(24)9-7-15/h6-12H,5H2,1-4H3,(H,28,29). The van der Waals surface area contributed by atoms with E-state index in [2.05, 4.69) is 0 Å². The van der Waals surface area contributed by atoms with Gasteiger partial charge in [0.1, 0.15) is 5.75 Å². The second kappa shape index (κ2) is 8.43. The van der Waals surface area contributed by atoms with E-state index >= 15 is 0 Å². The molecule has 1 atom stereocenters. The molecule has 0 amide bonds. The molecule has 3 rings (SSSR count). The Hall–Kier alpha value is -3.32. The van der Waals surface area contributed by atoms with Crippen molar-refractivity contribution in [3.63, 3.8) is 0 Å². The van der Waals surface area contributed by atoms with E-state index in [1.54, 1.807) is 56.3 Å². The Morgan fingerprint density at radius 2 is 1.77 bits per heavy atom. The zero-order valence-corrected chi connectivity index (χ0v) is 18.3. The normalized spacial score (nSPS) is 12.9. The van der Waals surface area contributed by atoms with Crippen molar-refractivity contribution in [3.05, 3.63) is 64.3 Å². The first-order chi connectivity index (χ1) is 14.7. The van der Waals surface area contributed by atoms with Crippen molar-refractivity contribution >= 4 is 40.3 Å². The zero-order chi connectivity index (χ0) is 22.9. The molecule has 162 valence electrons. The van der Waals surface area contributed by atoms with Gasteiger partial charge < -0.3 is 14.6 Å². The Kier molecular flexibility index (Phi) is 6.08. The van der Waals surface area contributed by atoms with Crippen molar-refractivity contribution < 1.29 is 29.0 Å². The molecule has 0 saturated heterocycles. The summed E-state index contributed by atoms with van der Waals surface area (Å²) in [6.07, 6.45) is -0.0335. The van der Waals surface area contributed by atoms with Crippen LogP contribution in [0.1, 0.15) is 41.9 Å². The Morgan fingerprint density at radius 1 is 1.13 bits per heavy atom. The molecule has 0 aliphatic rings. The van der Waals surface area contributed by atoms with Crippen molar-refractivity contribution in [2.24, 2.45) is 0 Å². The summed E-state index contributed by atoms with van der Waals surface area (Å²) in [5.74, 6) is -1.96. The number of carboxylic acid groups (broad SMARTS) is 1. The van der Waals surface area contributed by atoms with E-state index in [9.17, 15) is 19.5 Å². The van der Waals surface area contributed by atoms with Crippen molar-refractivity contribution in [1.29, 1.82) is 0 Å². The van der Waals surface area contributed by atoms with Gasteiger partial charge in [0.05, 0.1) is 12.6 Å². The monoisotopic (exact) mass is 443 g/mol. The average molecular weight is 444 g/mol. The molecule has 0 bridgehead atoms. The van der Waals surface area contributed by atoms with Crippen molar-refractivity contribution in [1.82, 2.24) is 4.57 Å². The molecule has 0 spiro atoms. The van der Waals surface area contributed by atoms with Gasteiger partial charge >= 0.3 is 11.9 Å². The topological polar surface area (TPSA) is 94.8 Å². The highest BCUT2D eigenvalue weighted by Gasteiger charge is 2.46. The molecule has 0 fully saturated rings. The molecule has 1 aromatic heterocycles. The predicted octanol–water partition coefficient (Wildman–Crippen LogP) is 4.55. The molecule has 7 nitrogen and oxygen atoms in total. The number of rotatable bonds is 6. The number of esters is 1. The van der Waals surface area contributed by atoms with Crippen molar-refractivity contribution in [2.45, 2.75) is 32.8 Å². The Morgan fingerprint density at radius 3 is 2.29 bits per heavy atom. The van der Waals surface area contributed by atoms with E-state index in [1.807, 2.05) is 0 Å². The van der Waals surface area contributed by atoms with Gasteiger partial charge in [-0.2, -0.15) is 0 Å². The van der Waals surface area contributed by atoms with Crippen molar-refractivity contribution in [2.75, 3.05) is 7.11 Å². The summed E-state index contributed by atoms with van der Waals surface area (Å²) in [6, 6.07) is 11.4. The van der Waals surface area contributed by atoms with Gasteiger partial charge in [0.2, 0.25) is 5.60 Å². The number of nitrogens with zero attached hydrogens (tertiary/aromatic N) is 1. The van der Waals surface area contributed by atoms with E-state index in [0.29, 0.717) is 32.9 Å². The molecule has 0 aliphatic carbocycles. The third kappa shape index (κ3) is 3.77. The molecule has 1 heterocycles. The highest BCUT2D eigenvalue weighted by atomic mass is 35.5. The van der Waals surface area contributed by atoms with Crippen LogP contribution < -0.4 is 4.74 Å². The maximum atomic E-state index is 13.4. The number of benzene rings is 2. The summed E-state index contributed by atoms with van der Waals surface area (Å²) in [4.78, 5) is 37.7. The Labute approximate surface area is 184 Å². The van der Waals surface area contributed by atoms with Gasteiger partial charge in [-0.15, -0.1) is 0 Å². The summed E-state index contributed by atoms with van der Waals surface area (Å²) < 4.78 is 12.1. The highest BCUT2D eigenvalue weighted by Crippen LogP contribution is 2.41. The molecular formula is C23H22ClNO6. The number of aromatic nitrogens is 1. The second-order valence-electron chi connectivity index (χ2n) is 7.07. The number of hydrogen-bond acceptors (Lipinski definition) is 5. The lowest BCUT2D eigenvalue weighted by molar-refractivity contribution is -0.179. The first-order valence-electron chi connectivity index (χ1n) is 9.59. The van der Waals surface area contributed by atoms with E-state index in [4.69, 9.17) is 21.1 Å². The quantitative estimate of drug-likeness (QED) is 0.561. The summed E-state index contributed by atoms with van der Waals surface area (Å²) in [6.45, 7) is 4.40. The molecule has 8 heteroatoms. The average Bonchev–Trinajstić information content (AvgIpc) is 3.02. The second-order valence-corrected chi connectivity index (χ2v) is 7.51. The number of methoxy groups -OCH3 is 1. The maximum absolute atomic E-state index is 13.4. The van der Waals surface area contributed by atoms with Gasteiger partial charge in [-0.3, -0.25) is 14.2 Å². The van der Waals surface area contributed by atoms with Crippen LogP contribution in [0.4, 0.5) is 0 Å². The summed E-state index contributed by atoms with van der Waals surface area (Å²) in [7, 11) is 1.49. The van der Waals surface area contributed by atoms with Crippen LogP contribution in [0.5, 0.6) is 5.75 Å². The summed E-state index contributed by atoms with van der Waals surface area (Å²) in [5, 5.41) is 11.1. The highest BCUT2D eigenvalue weighted by molar-refractivity contribution is 6.30. The lowest BCUT2D eigenvalue weighted by Gasteiger charge is -2.28. The minimum atomic E-state index is -1.97. The minimum absolute atomic E-state index is 0.0335. The van der Waals surface area contributed by atoms with Crippen LogP contribution >= 0.6 is 11.6 Å². The maximum Gasteiger partial charge on any atom is 0.353 e. The van der Waals surface area contributed by atoms with Gasteiger partial charge in [0.15, 0.2) is 0 Å². The van der Waals surface area contributed by atoms with Gasteiger partial charge in [0, 0.05) is 34.2 Å². The molecule has 31 heavy (non-hydrogen) atoms. The fourth-order valence-electron chi connectivity index (χ4n) is 3.86. The SMILES string of the molecule is CCC(OC(C)=O)(C(=O)O)c1c(C)n(C(=O)c2ccc(Cl)cc2)c2ccc(OC)cc12. The van der Waals surface area contributed by atoms with Crippen LogP contribution in [0.2, 0.25) is 5.02 Å². The molecule has 0 aliphatic heterocycles. The number of carbonyl (C=O) groups excluding carboxylic acids is 2. The molecular weight excluding hydrogens is 422 g/mol. The molecule has 0 saturated carbocycles. The van der Waals surface area contributed by atoms with Gasteiger partial charge in [-0.1, -0.05) is 18.5 Å². The van der Waals surface area contributed by atoms with Gasteiger partial charge in [-0.25, -0.2) is 4.79 Å². The molecule has 3 aromatic rings. The smallest absolute Gasteiger partial charge is 0.353 e. The summed E-state index contributed by atoms with van der Waals surface area (Å²) in [5.41, 5.74) is -0.537. The third-order valence-electron chi connectivity index (χ3n) is 5.27. The Bertz CT molecular complexity index is 1180. The molecule has 2 aromatic carbocycles. The summed E-state index contributed by atoms with van der Waals surface area (Å²) >= 11 is 5.94. The first-order valence-corrected chi connectivity index (χ1v) is 9.96. The van der Waals surface area contributed by atoms with E-state index in [-0.39, 0.29) is 17.9 Å². The van der Waals surface area contributed by atoms with E-state index < -0.39 is 17.5 Å². The van der Waals surface area contributed by atoms with Crippen LogP contribution in [0.3, 0.4) is 0 Å². The van der Waals surface area contributed by atoms with Gasteiger partial charge in [0.25, 0.3) is 5.91 Å². The van der Waals surface area contributed by atoms with Crippen LogP contribution in [-0.2, 0) is 19.9 Å². The predicted molar refractivity (Wildman–Crippen MR) is 116 cm³/mol. The fourth-order valence-corrected chi connectivity index (χ4v) is 3.99. The third-order valence-corrected chi connectivity index (χ3v) is 5.52. The molecule has 1 N–H and O–H groups in total. The lowest BCUT2D eigenvalue weighted by Crippen LogP contribution is -2.40. The van der Waals surface area contributed by atoms with Gasteiger partial charge in [-0.05, 0) is 55.8 Å². The molecule has 0 radical (unpaired) electrons. The number of carbonyl (C=O) groups is 3. The minimum Gasteiger partial charge on any atom is -0.497 e. The van der Waals surface area contributed by atoms with Crippen LogP contribution in [-0.4, -0.2) is 34.6 Å². The lowest BCUT2D eigenvalue weighted by atomic mass is 9.88. The van der Waals surface area contributed by atoms with Crippen LogP contribution in [0.15, 0.2) is 42.5 Å². The van der Waals surface area contributed by atoms with E-state index in [1.165, 1.54) is 11.7 Å². The zero-order valence-electron chi connectivity index (χ0n) is 17.6. The number of carboxylic acids is 1. The number of hydrogen-bond donors (Lipinski definition) is 1. The number of ether oxygens (including phenoxy) is 2. The number of halogens is 1. The fraction of sp³-hybridized carbons (Fsp3) is 0.261. The van der Waals surface area contributed by atoms with Crippen LogP contribution in [0, 0.1) is 6.92 Å². The Balaban J connectivity index is 2.40. The van der Waals surface area contributed by atoms with E-state index in [0.717, 1.165) is 6.92 Å². The largest absolute Gasteiger partial charge is 0.497 e. The number of fused-ring (bicyclic) bond motifs is 1. The number of aliphatic carboxylic acids is 1.